The predicted molar refractivity (Wildman–Crippen MR) is 42.2 cm³/mol. The molecule has 0 aliphatic carbocycles. The minimum absolute atomic E-state index is 0. The van der Waals surface area contributed by atoms with Gasteiger partial charge in [-0.15, -0.1) is 12.4 Å². The smallest absolute Gasteiger partial charge is 0.186 e. The van der Waals surface area contributed by atoms with Gasteiger partial charge in [-0.1, -0.05) is 0 Å². The van der Waals surface area contributed by atoms with E-state index in [1.807, 2.05) is 0 Å². The SMILES string of the molecule is Cl.N=C(N)NC(S)CO. The van der Waals surface area contributed by atoms with Crippen LogP contribution in [0.25, 0.3) is 0 Å². The Bertz CT molecular complexity index is 91.1. The van der Waals surface area contributed by atoms with Gasteiger partial charge in [0.05, 0.1) is 12.0 Å². The fraction of sp³-hybridized carbons (Fsp3) is 0.667. The summed E-state index contributed by atoms with van der Waals surface area (Å²) in [5.41, 5.74) is 4.88. The number of aliphatic hydroxyl groups is 1. The lowest BCUT2D eigenvalue weighted by molar-refractivity contribution is 0.290. The number of halogens is 1. The molecule has 1 unspecified atom stereocenters. The number of hydrogen-bond acceptors (Lipinski definition) is 3. The minimum atomic E-state index is -0.424. The Labute approximate surface area is 65.1 Å². The third-order valence-electron chi connectivity index (χ3n) is 0.495. The van der Waals surface area contributed by atoms with Crippen molar-refractivity contribution in [3.63, 3.8) is 0 Å². The quantitative estimate of drug-likeness (QED) is 0.162. The molecule has 0 aromatic heterocycles. The second-order valence-corrected chi connectivity index (χ2v) is 1.88. The zero-order valence-corrected chi connectivity index (χ0v) is 6.38. The molecule has 0 aliphatic heterocycles. The van der Waals surface area contributed by atoms with Crippen LogP contribution in [0, 0.1) is 5.41 Å². The third-order valence-corrected chi connectivity index (χ3v) is 0.787. The molecule has 9 heavy (non-hydrogen) atoms. The van der Waals surface area contributed by atoms with Crippen LogP contribution in [0.15, 0.2) is 0 Å². The highest BCUT2D eigenvalue weighted by Crippen LogP contribution is 1.83. The fourth-order valence-corrected chi connectivity index (χ4v) is 0.364. The Morgan fingerprint density at radius 2 is 2.33 bits per heavy atom. The summed E-state index contributed by atoms with van der Waals surface area (Å²) in [5, 5.41) is 16.9. The molecule has 6 heteroatoms. The average molecular weight is 172 g/mol. The van der Waals surface area contributed by atoms with Crippen LogP contribution in [0.4, 0.5) is 0 Å². The van der Waals surface area contributed by atoms with E-state index in [0.29, 0.717) is 0 Å². The molecule has 0 heterocycles. The van der Waals surface area contributed by atoms with Gasteiger partial charge in [0.1, 0.15) is 0 Å². The number of aliphatic hydroxyl groups excluding tert-OH is 1. The first-order valence-corrected chi connectivity index (χ1v) is 2.58. The second-order valence-electron chi connectivity index (χ2n) is 1.26. The van der Waals surface area contributed by atoms with Crippen molar-refractivity contribution in [2.24, 2.45) is 5.73 Å². The maximum absolute atomic E-state index is 8.29. The lowest BCUT2D eigenvalue weighted by Gasteiger charge is -2.07. The molecule has 56 valence electrons. The molecule has 5 N–H and O–H groups in total. The van der Waals surface area contributed by atoms with Gasteiger partial charge in [-0.2, -0.15) is 12.6 Å². The van der Waals surface area contributed by atoms with Crippen molar-refractivity contribution in [1.82, 2.24) is 5.32 Å². The van der Waals surface area contributed by atoms with Crippen molar-refractivity contribution in [3.8, 4) is 0 Å². The Morgan fingerprint density at radius 3 is 2.44 bits per heavy atom. The third kappa shape index (κ3) is 7.87. The normalized spacial score (nSPS) is 11.3. The van der Waals surface area contributed by atoms with Crippen LogP contribution in [0.1, 0.15) is 0 Å². The summed E-state index contributed by atoms with van der Waals surface area (Å²) in [6, 6.07) is 0. The Hall–Kier alpha value is -0.130. The first-order chi connectivity index (χ1) is 3.66. The summed E-state index contributed by atoms with van der Waals surface area (Å²) in [5.74, 6) is -0.181. The Morgan fingerprint density at radius 1 is 1.89 bits per heavy atom. The lowest BCUT2D eigenvalue weighted by atomic mass is 10.7. The predicted octanol–water partition coefficient (Wildman–Crippen LogP) is -0.861. The van der Waals surface area contributed by atoms with E-state index in [1.165, 1.54) is 0 Å². The van der Waals surface area contributed by atoms with Crippen LogP contribution in [0.3, 0.4) is 0 Å². The number of nitrogens with one attached hydrogen (secondary N) is 2. The van der Waals surface area contributed by atoms with E-state index in [2.05, 4.69) is 17.9 Å². The first kappa shape index (κ1) is 11.6. The van der Waals surface area contributed by atoms with Crippen LogP contribution in [0.5, 0.6) is 0 Å². The molecule has 1 atom stereocenters. The molecule has 0 aliphatic rings. The molecule has 0 aromatic carbocycles. The van der Waals surface area contributed by atoms with Crippen LogP contribution in [0.2, 0.25) is 0 Å². The van der Waals surface area contributed by atoms with Gasteiger partial charge in [-0.3, -0.25) is 5.41 Å². The summed E-state index contributed by atoms with van der Waals surface area (Å²) in [6.45, 7) is -0.136. The van der Waals surface area contributed by atoms with Crippen LogP contribution < -0.4 is 11.1 Å². The van der Waals surface area contributed by atoms with Crippen molar-refractivity contribution >= 4 is 31.0 Å². The van der Waals surface area contributed by atoms with Crippen molar-refractivity contribution in [2.75, 3.05) is 6.61 Å². The van der Waals surface area contributed by atoms with Crippen molar-refractivity contribution in [3.05, 3.63) is 0 Å². The number of guanidine groups is 1. The van der Waals surface area contributed by atoms with Crippen molar-refractivity contribution < 1.29 is 5.11 Å². The van der Waals surface area contributed by atoms with Gasteiger partial charge in [0.25, 0.3) is 0 Å². The molecule has 0 saturated heterocycles. The molecule has 0 amide bonds. The highest BCUT2D eigenvalue weighted by atomic mass is 35.5. The van der Waals surface area contributed by atoms with Crippen LogP contribution in [-0.2, 0) is 0 Å². The summed E-state index contributed by atoms with van der Waals surface area (Å²) in [4.78, 5) is 0. The first-order valence-electron chi connectivity index (χ1n) is 2.06. The van der Waals surface area contributed by atoms with Crippen molar-refractivity contribution in [1.29, 1.82) is 5.41 Å². The number of hydrogen-bond donors (Lipinski definition) is 5. The van der Waals surface area contributed by atoms with E-state index in [-0.39, 0.29) is 25.0 Å². The molecule has 0 bridgehead atoms. The standard InChI is InChI=1S/C3H9N3OS.ClH/c4-3(5)6-2(8)1-7;/h2,7-8H,1H2,(H4,4,5,6);1H. The average Bonchev–Trinajstić information content (AvgIpc) is 1.65. The molecule has 0 spiro atoms. The summed E-state index contributed by atoms with van der Waals surface area (Å²) < 4.78 is 0. The summed E-state index contributed by atoms with van der Waals surface area (Å²) in [7, 11) is 0. The molecule has 4 nitrogen and oxygen atoms in total. The molecule has 0 saturated carbocycles. The zero-order valence-electron chi connectivity index (χ0n) is 4.66. The Kier molecular flexibility index (Phi) is 7.76. The zero-order chi connectivity index (χ0) is 6.57. The van der Waals surface area contributed by atoms with Gasteiger partial charge < -0.3 is 16.2 Å². The molecule has 0 aromatic rings. The highest BCUT2D eigenvalue weighted by Gasteiger charge is 1.96. The van der Waals surface area contributed by atoms with Gasteiger partial charge in [0.15, 0.2) is 5.96 Å². The van der Waals surface area contributed by atoms with Crippen molar-refractivity contribution in [2.45, 2.75) is 5.37 Å². The van der Waals surface area contributed by atoms with E-state index < -0.39 is 5.37 Å². The van der Waals surface area contributed by atoms with Gasteiger partial charge in [-0.25, -0.2) is 0 Å². The van der Waals surface area contributed by atoms with Crippen LogP contribution in [-0.4, -0.2) is 23.0 Å². The highest BCUT2D eigenvalue weighted by molar-refractivity contribution is 7.80. The maximum atomic E-state index is 8.29. The molecule has 0 rings (SSSR count). The maximum Gasteiger partial charge on any atom is 0.186 e. The molecular formula is C3H10ClN3OS. The van der Waals surface area contributed by atoms with E-state index in [9.17, 15) is 0 Å². The lowest BCUT2D eigenvalue weighted by Crippen LogP contribution is -2.37. The molecule has 0 radical (unpaired) electrons. The summed E-state index contributed by atoms with van der Waals surface area (Å²) >= 11 is 3.79. The second kappa shape index (κ2) is 6.00. The number of rotatable bonds is 2. The Balaban J connectivity index is 0. The van der Waals surface area contributed by atoms with Gasteiger partial charge in [0, 0.05) is 0 Å². The fourth-order valence-electron chi connectivity index (χ4n) is 0.225. The van der Waals surface area contributed by atoms with Gasteiger partial charge in [-0.05, 0) is 0 Å². The van der Waals surface area contributed by atoms with Gasteiger partial charge >= 0.3 is 0 Å². The van der Waals surface area contributed by atoms with Gasteiger partial charge in [0.2, 0.25) is 0 Å². The minimum Gasteiger partial charge on any atom is -0.393 e. The monoisotopic (exact) mass is 171 g/mol. The topological polar surface area (TPSA) is 82.1 Å². The van der Waals surface area contributed by atoms with E-state index in [1.54, 1.807) is 0 Å². The van der Waals surface area contributed by atoms with E-state index >= 15 is 0 Å². The summed E-state index contributed by atoms with van der Waals surface area (Å²) in [6.07, 6.45) is 0. The van der Waals surface area contributed by atoms with E-state index in [4.69, 9.17) is 16.2 Å². The number of thiol groups is 1. The largest absolute Gasteiger partial charge is 0.393 e. The molecule has 0 fully saturated rings. The molecular weight excluding hydrogens is 162 g/mol. The van der Waals surface area contributed by atoms with Crippen LogP contribution >= 0.6 is 25.0 Å². The van der Waals surface area contributed by atoms with E-state index in [0.717, 1.165) is 0 Å². The number of nitrogens with two attached hydrogens (primary N) is 1.